The van der Waals surface area contributed by atoms with Gasteiger partial charge >= 0.3 is 12.4 Å². The lowest BCUT2D eigenvalue weighted by atomic mass is 10.0. The predicted octanol–water partition coefficient (Wildman–Crippen LogP) is 5.01. The number of nitrogens with one attached hydrogen (secondary N) is 1. The highest BCUT2D eigenvalue weighted by Gasteiger charge is 2.39. The van der Waals surface area contributed by atoms with Gasteiger partial charge in [0, 0.05) is 0 Å². The Morgan fingerprint density at radius 3 is 2.38 bits per heavy atom. The highest BCUT2D eigenvalue weighted by molar-refractivity contribution is 6.33. The van der Waals surface area contributed by atoms with Crippen molar-refractivity contribution in [2.75, 3.05) is 6.61 Å². The van der Waals surface area contributed by atoms with Gasteiger partial charge in [-0.15, -0.1) is 0 Å². The van der Waals surface area contributed by atoms with Crippen LogP contribution in [0, 0.1) is 11.3 Å². The van der Waals surface area contributed by atoms with Gasteiger partial charge in [-0.2, -0.15) is 31.6 Å². The van der Waals surface area contributed by atoms with Crippen LogP contribution in [0.25, 0.3) is 17.1 Å². The van der Waals surface area contributed by atoms with Gasteiger partial charge in [-0.05, 0) is 19.1 Å². The molecule has 2 aromatic rings. The lowest BCUT2D eigenvalue weighted by Gasteiger charge is -2.16. The molecule has 2 rings (SSSR count). The maximum atomic E-state index is 13.5. The van der Waals surface area contributed by atoms with E-state index < -0.39 is 62.5 Å². The minimum absolute atomic E-state index is 0.0827. The third-order valence-electron chi connectivity index (χ3n) is 3.56. The third-order valence-corrected chi connectivity index (χ3v) is 3.86. The molecule has 29 heavy (non-hydrogen) atoms. The van der Waals surface area contributed by atoms with E-state index in [1.54, 1.807) is 0 Å². The van der Waals surface area contributed by atoms with Crippen molar-refractivity contribution in [3.8, 4) is 17.5 Å². The van der Waals surface area contributed by atoms with Crippen LogP contribution in [0.5, 0.6) is 0 Å². The van der Waals surface area contributed by atoms with Crippen molar-refractivity contribution in [2.45, 2.75) is 19.3 Å². The summed E-state index contributed by atoms with van der Waals surface area (Å²) in [4.78, 5) is 17.6. The number of hydrogen-bond acceptors (Lipinski definition) is 4. The molecule has 5 nitrogen and oxygen atoms in total. The fourth-order valence-corrected chi connectivity index (χ4v) is 2.71. The van der Waals surface area contributed by atoms with E-state index >= 15 is 0 Å². The van der Waals surface area contributed by atoms with Crippen LogP contribution in [-0.4, -0.2) is 16.6 Å². The van der Waals surface area contributed by atoms with Gasteiger partial charge in [-0.1, -0.05) is 18.2 Å². The van der Waals surface area contributed by atoms with Gasteiger partial charge in [0.1, 0.15) is 17.1 Å². The molecule has 0 amide bonds. The van der Waals surface area contributed by atoms with Gasteiger partial charge in [0.15, 0.2) is 5.69 Å². The first kappa shape index (κ1) is 22.3. The maximum Gasteiger partial charge on any atom is 0.434 e. The molecule has 154 valence electrons. The molecule has 1 aromatic heterocycles. The van der Waals surface area contributed by atoms with E-state index in [0.29, 0.717) is 12.1 Å². The Balaban J connectivity index is 2.84. The maximum absolute atomic E-state index is 13.5. The summed E-state index contributed by atoms with van der Waals surface area (Å²) in [6.07, 6.45) is -9.99. The number of nitriles is 1. The molecule has 1 aromatic carbocycles. The Morgan fingerprint density at radius 2 is 1.90 bits per heavy atom. The van der Waals surface area contributed by atoms with E-state index in [2.05, 4.69) is 11.6 Å². The van der Waals surface area contributed by atoms with E-state index in [-0.39, 0.29) is 6.61 Å². The van der Waals surface area contributed by atoms with Crippen molar-refractivity contribution in [2.24, 2.45) is 0 Å². The highest BCUT2D eigenvalue weighted by Crippen LogP contribution is 2.38. The summed E-state index contributed by atoms with van der Waals surface area (Å²) in [7, 11) is 0. The van der Waals surface area contributed by atoms with E-state index in [9.17, 15) is 31.1 Å². The molecule has 0 unspecified atom stereocenters. The third kappa shape index (κ3) is 4.54. The van der Waals surface area contributed by atoms with Crippen molar-refractivity contribution < 1.29 is 31.1 Å². The first-order chi connectivity index (χ1) is 13.3. The number of halogens is 7. The van der Waals surface area contributed by atoms with Crippen molar-refractivity contribution in [3.63, 3.8) is 0 Å². The van der Waals surface area contributed by atoms with Crippen molar-refractivity contribution in [1.82, 2.24) is 9.97 Å². The second-order valence-corrected chi connectivity index (χ2v) is 5.89. The van der Waals surface area contributed by atoms with Crippen molar-refractivity contribution >= 4 is 17.4 Å². The van der Waals surface area contributed by atoms with Crippen LogP contribution in [0.2, 0.25) is 5.02 Å². The number of rotatable bonds is 4. The first-order valence-electron chi connectivity index (χ1n) is 7.66. The summed E-state index contributed by atoms with van der Waals surface area (Å²) in [5, 5.41) is 8.44. The fourth-order valence-electron chi connectivity index (χ4n) is 2.40. The Kier molecular flexibility index (Phi) is 5.99. The smallest absolute Gasteiger partial charge is 0.434 e. The number of hydrogen-bond donors (Lipinski definition) is 1. The van der Waals surface area contributed by atoms with Gasteiger partial charge < -0.3 is 9.72 Å². The van der Waals surface area contributed by atoms with Crippen molar-refractivity contribution in [1.29, 1.82) is 5.26 Å². The van der Waals surface area contributed by atoms with Crippen LogP contribution in [0.4, 0.5) is 26.3 Å². The minimum Gasteiger partial charge on any atom is -0.494 e. The van der Waals surface area contributed by atoms with Gasteiger partial charge in [0.2, 0.25) is 0 Å². The summed E-state index contributed by atoms with van der Waals surface area (Å²) < 4.78 is 84.0. The van der Waals surface area contributed by atoms with Gasteiger partial charge in [0.05, 0.1) is 34.4 Å². The van der Waals surface area contributed by atoms with Gasteiger partial charge in [-0.25, -0.2) is 4.98 Å². The Labute approximate surface area is 164 Å². The molecule has 0 saturated carbocycles. The molecular formula is C17H10ClF6N3O2. The number of nitrogens with zero attached hydrogens (tertiary/aromatic N) is 2. The summed E-state index contributed by atoms with van der Waals surface area (Å²) in [5.41, 5.74) is -6.60. The molecule has 0 aliphatic heterocycles. The van der Waals surface area contributed by atoms with E-state index in [1.165, 1.54) is 13.0 Å². The van der Waals surface area contributed by atoms with Crippen LogP contribution in [-0.2, 0) is 17.1 Å². The molecule has 1 heterocycles. The zero-order valence-electron chi connectivity index (χ0n) is 14.4. The molecular weight excluding hydrogens is 428 g/mol. The second-order valence-electron chi connectivity index (χ2n) is 5.48. The zero-order chi connectivity index (χ0) is 22.1. The number of H-pyrrole nitrogens is 1. The molecule has 0 radical (unpaired) electrons. The summed E-state index contributed by atoms with van der Waals surface area (Å²) in [5.74, 6) is -1.43. The van der Waals surface area contributed by atoms with Gasteiger partial charge in [0.25, 0.3) is 5.56 Å². The Hall–Kier alpha value is -3.00. The fraction of sp³-hybridized carbons (Fsp3) is 0.235. The van der Waals surface area contributed by atoms with E-state index in [0.717, 1.165) is 0 Å². The first-order valence-corrected chi connectivity index (χ1v) is 8.03. The van der Waals surface area contributed by atoms with E-state index in [4.69, 9.17) is 21.6 Å². The molecule has 0 bridgehead atoms. The molecule has 0 aliphatic carbocycles. The summed E-state index contributed by atoms with van der Waals surface area (Å²) >= 11 is 5.79. The summed E-state index contributed by atoms with van der Waals surface area (Å²) in [6.45, 7) is 4.63. The number of aromatic nitrogens is 2. The molecule has 0 saturated heterocycles. The largest absolute Gasteiger partial charge is 0.494 e. The van der Waals surface area contributed by atoms with Crippen LogP contribution in [0.1, 0.15) is 29.3 Å². The molecule has 0 atom stereocenters. The quantitative estimate of drug-likeness (QED) is 0.539. The number of benzene rings is 1. The summed E-state index contributed by atoms with van der Waals surface area (Å²) in [6, 6.07) is 2.22. The number of ether oxygens (including phenoxy) is 1. The van der Waals surface area contributed by atoms with Crippen LogP contribution in [0.15, 0.2) is 23.5 Å². The van der Waals surface area contributed by atoms with E-state index in [1.807, 2.05) is 4.98 Å². The Bertz CT molecular complexity index is 1070. The Morgan fingerprint density at radius 1 is 1.28 bits per heavy atom. The highest BCUT2D eigenvalue weighted by atomic mass is 35.5. The molecule has 0 aliphatic rings. The van der Waals surface area contributed by atoms with Crippen molar-refractivity contribution in [3.05, 3.63) is 56.5 Å². The average Bonchev–Trinajstić information content (AvgIpc) is 2.58. The standard InChI is InChI=1S/C17H10ClF6N3O2/c1-3-29-7(2)11-13(17(22,23)24)26-14(27-15(11)28)12-8(6-25)4-9(5-10(12)18)16(19,20)21/h4-5H,2-3H2,1H3,(H,26,27,28). The molecule has 0 fully saturated rings. The predicted molar refractivity (Wildman–Crippen MR) is 90.7 cm³/mol. The minimum atomic E-state index is -5.14. The topological polar surface area (TPSA) is 78.8 Å². The molecule has 1 N–H and O–H groups in total. The van der Waals surface area contributed by atoms with Crippen LogP contribution >= 0.6 is 11.6 Å². The molecule has 0 spiro atoms. The number of alkyl halides is 6. The lowest BCUT2D eigenvalue weighted by molar-refractivity contribution is -0.141. The van der Waals surface area contributed by atoms with Crippen LogP contribution in [0.3, 0.4) is 0 Å². The number of aromatic amines is 1. The second kappa shape index (κ2) is 7.79. The van der Waals surface area contributed by atoms with Crippen LogP contribution < -0.4 is 5.56 Å². The zero-order valence-corrected chi connectivity index (χ0v) is 15.2. The normalized spacial score (nSPS) is 11.8. The monoisotopic (exact) mass is 437 g/mol. The lowest BCUT2D eigenvalue weighted by Crippen LogP contribution is -2.24. The average molecular weight is 438 g/mol. The van der Waals surface area contributed by atoms with Gasteiger partial charge in [-0.3, -0.25) is 4.79 Å². The SMILES string of the molecule is C=C(OCC)c1c(C(F)(F)F)nc(-c2c(Cl)cc(C(F)(F)F)cc2C#N)[nH]c1=O. The molecule has 12 heteroatoms.